The zero-order chi connectivity index (χ0) is 20.3. The van der Waals surface area contributed by atoms with Crippen molar-refractivity contribution < 1.29 is 9.18 Å². The first-order valence-corrected chi connectivity index (χ1v) is 8.80. The molecule has 0 aliphatic carbocycles. The van der Waals surface area contributed by atoms with E-state index in [1.54, 1.807) is 13.0 Å². The van der Waals surface area contributed by atoms with E-state index in [0.717, 1.165) is 16.8 Å². The second-order valence-electron chi connectivity index (χ2n) is 6.67. The summed E-state index contributed by atoms with van der Waals surface area (Å²) >= 11 is 0. The molecule has 7 heteroatoms. The van der Waals surface area contributed by atoms with Crippen molar-refractivity contribution in [3.05, 3.63) is 81.5 Å². The van der Waals surface area contributed by atoms with Gasteiger partial charge in [-0.2, -0.15) is 0 Å². The van der Waals surface area contributed by atoms with E-state index in [2.05, 4.69) is 15.6 Å². The van der Waals surface area contributed by atoms with Crippen molar-refractivity contribution in [1.82, 2.24) is 9.55 Å². The van der Waals surface area contributed by atoms with Crippen LogP contribution in [0.15, 0.2) is 53.3 Å². The average Bonchev–Trinajstić information content (AvgIpc) is 2.59. The summed E-state index contributed by atoms with van der Waals surface area (Å²) < 4.78 is 15.0. The quantitative estimate of drug-likeness (QED) is 0.708. The molecular weight excluding hydrogens is 359 g/mol. The van der Waals surface area contributed by atoms with Crippen LogP contribution in [-0.2, 0) is 11.3 Å². The second-order valence-corrected chi connectivity index (χ2v) is 6.67. The van der Waals surface area contributed by atoms with Crippen molar-refractivity contribution >= 4 is 23.2 Å². The molecule has 2 aromatic carbocycles. The maximum Gasteiger partial charge on any atom is 0.255 e. The Morgan fingerprint density at radius 1 is 1.07 bits per heavy atom. The normalized spacial score (nSPS) is 10.6. The number of para-hydroxylation sites is 1. The van der Waals surface area contributed by atoms with Crippen molar-refractivity contribution in [3.8, 4) is 0 Å². The molecule has 1 heterocycles. The van der Waals surface area contributed by atoms with Gasteiger partial charge in [0.05, 0.1) is 5.69 Å². The van der Waals surface area contributed by atoms with E-state index in [0.29, 0.717) is 5.69 Å². The highest BCUT2D eigenvalue weighted by Gasteiger charge is 2.13. The number of nitrogens with zero attached hydrogens (tertiary/aromatic N) is 2. The SMILES string of the molecule is Cc1cc(C)cc(Nc2nc(C)cc(=O)n2CC(=O)Nc2ccccc2F)c1. The lowest BCUT2D eigenvalue weighted by atomic mass is 10.1. The van der Waals surface area contributed by atoms with Crippen LogP contribution in [0.25, 0.3) is 0 Å². The number of halogens is 1. The van der Waals surface area contributed by atoms with Crippen LogP contribution in [0.3, 0.4) is 0 Å². The molecule has 0 aliphatic rings. The molecule has 6 nitrogen and oxygen atoms in total. The van der Waals surface area contributed by atoms with Crippen LogP contribution < -0.4 is 16.2 Å². The van der Waals surface area contributed by atoms with E-state index in [9.17, 15) is 14.0 Å². The standard InChI is InChI=1S/C21H21FN4O2/c1-13-8-14(2)10-16(9-13)24-21-23-15(3)11-20(28)26(21)12-19(27)25-18-7-5-4-6-17(18)22/h4-11H,12H2,1-3H3,(H,23,24)(H,25,27). The Kier molecular flexibility index (Phi) is 5.54. The van der Waals surface area contributed by atoms with Gasteiger partial charge in [0.2, 0.25) is 11.9 Å². The second kappa shape index (κ2) is 8.04. The number of anilines is 3. The summed E-state index contributed by atoms with van der Waals surface area (Å²) in [6, 6.07) is 13.1. The minimum absolute atomic E-state index is 0.0597. The zero-order valence-electron chi connectivity index (χ0n) is 15.9. The third-order valence-corrected chi connectivity index (χ3v) is 4.06. The number of benzene rings is 2. The minimum Gasteiger partial charge on any atom is -0.325 e. The van der Waals surface area contributed by atoms with Gasteiger partial charge in [-0.3, -0.25) is 14.2 Å². The lowest BCUT2D eigenvalue weighted by Gasteiger charge is -2.15. The van der Waals surface area contributed by atoms with Crippen molar-refractivity contribution in [3.63, 3.8) is 0 Å². The highest BCUT2D eigenvalue weighted by Crippen LogP contribution is 2.18. The average molecular weight is 380 g/mol. The van der Waals surface area contributed by atoms with Crippen LogP contribution in [0.4, 0.5) is 21.7 Å². The molecule has 0 unspecified atom stereocenters. The summed E-state index contributed by atoms with van der Waals surface area (Å²) in [5, 5.41) is 5.59. The Balaban J connectivity index is 1.89. The van der Waals surface area contributed by atoms with Gasteiger partial charge in [0, 0.05) is 17.4 Å². The molecule has 0 spiro atoms. The van der Waals surface area contributed by atoms with Gasteiger partial charge in [-0.25, -0.2) is 9.37 Å². The topological polar surface area (TPSA) is 76.0 Å². The molecule has 0 bridgehead atoms. The Bertz CT molecular complexity index is 1070. The molecule has 1 aromatic heterocycles. The first-order chi connectivity index (χ1) is 13.3. The number of hydrogen-bond donors (Lipinski definition) is 2. The van der Waals surface area contributed by atoms with Crippen LogP contribution in [0.1, 0.15) is 16.8 Å². The van der Waals surface area contributed by atoms with Gasteiger partial charge in [0.1, 0.15) is 12.4 Å². The molecule has 0 aliphatic heterocycles. The first-order valence-electron chi connectivity index (χ1n) is 8.80. The highest BCUT2D eigenvalue weighted by atomic mass is 19.1. The molecule has 1 amide bonds. The number of aryl methyl sites for hydroxylation is 3. The Labute approximate surface area is 162 Å². The van der Waals surface area contributed by atoms with Gasteiger partial charge in [0.25, 0.3) is 5.56 Å². The monoisotopic (exact) mass is 380 g/mol. The van der Waals surface area contributed by atoms with Crippen molar-refractivity contribution in [2.75, 3.05) is 10.6 Å². The van der Waals surface area contributed by atoms with E-state index in [4.69, 9.17) is 0 Å². The van der Waals surface area contributed by atoms with Crippen molar-refractivity contribution in [2.45, 2.75) is 27.3 Å². The van der Waals surface area contributed by atoms with Gasteiger partial charge < -0.3 is 10.6 Å². The molecular formula is C21H21FN4O2. The fourth-order valence-electron chi connectivity index (χ4n) is 2.94. The molecule has 144 valence electrons. The summed E-state index contributed by atoms with van der Waals surface area (Å²) in [5.74, 6) is -0.821. The summed E-state index contributed by atoms with van der Waals surface area (Å²) in [5.41, 5.74) is 3.09. The lowest BCUT2D eigenvalue weighted by molar-refractivity contribution is -0.116. The number of hydrogen-bond acceptors (Lipinski definition) is 4. The van der Waals surface area contributed by atoms with E-state index in [1.807, 2.05) is 32.0 Å². The molecule has 0 fully saturated rings. The predicted octanol–water partition coefficient (Wildman–Crippen LogP) is 3.69. The van der Waals surface area contributed by atoms with E-state index in [1.165, 1.54) is 28.8 Å². The Hall–Kier alpha value is -3.48. The van der Waals surface area contributed by atoms with Gasteiger partial charge in [-0.1, -0.05) is 18.2 Å². The highest BCUT2D eigenvalue weighted by molar-refractivity contribution is 5.90. The maximum atomic E-state index is 13.8. The van der Waals surface area contributed by atoms with E-state index < -0.39 is 11.7 Å². The van der Waals surface area contributed by atoms with Gasteiger partial charge >= 0.3 is 0 Å². The van der Waals surface area contributed by atoms with Crippen LogP contribution in [-0.4, -0.2) is 15.5 Å². The van der Waals surface area contributed by atoms with Crippen LogP contribution >= 0.6 is 0 Å². The number of aromatic nitrogens is 2. The summed E-state index contributed by atoms with van der Waals surface area (Å²) in [4.78, 5) is 29.2. The Morgan fingerprint density at radius 2 is 1.75 bits per heavy atom. The molecule has 3 aromatic rings. The van der Waals surface area contributed by atoms with E-state index >= 15 is 0 Å². The Morgan fingerprint density at radius 3 is 2.43 bits per heavy atom. The van der Waals surface area contributed by atoms with Gasteiger partial charge in [0.15, 0.2) is 0 Å². The number of carbonyl (C=O) groups is 1. The summed E-state index contributed by atoms with van der Waals surface area (Å²) in [7, 11) is 0. The molecule has 3 rings (SSSR count). The lowest BCUT2D eigenvalue weighted by Crippen LogP contribution is -2.30. The predicted molar refractivity (Wildman–Crippen MR) is 107 cm³/mol. The number of amides is 1. The fraction of sp³-hybridized carbons (Fsp3) is 0.190. The zero-order valence-corrected chi connectivity index (χ0v) is 15.9. The summed E-state index contributed by atoms with van der Waals surface area (Å²) in [6.45, 7) is 5.35. The molecule has 2 N–H and O–H groups in total. The minimum atomic E-state index is -0.543. The van der Waals surface area contributed by atoms with Gasteiger partial charge in [-0.05, 0) is 56.2 Å². The third kappa shape index (κ3) is 4.62. The molecule has 28 heavy (non-hydrogen) atoms. The maximum absolute atomic E-state index is 13.8. The smallest absolute Gasteiger partial charge is 0.255 e. The third-order valence-electron chi connectivity index (χ3n) is 4.06. The molecule has 0 saturated carbocycles. The van der Waals surface area contributed by atoms with Crippen LogP contribution in [0.2, 0.25) is 0 Å². The van der Waals surface area contributed by atoms with Crippen molar-refractivity contribution in [1.29, 1.82) is 0 Å². The van der Waals surface area contributed by atoms with Crippen LogP contribution in [0, 0.1) is 26.6 Å². The molecule has 0 saturated heterocycles. The van der Waals surface area contributed by atoms with E-state index in [-0.39, 0.29) is 23.7 Å². The summed E-state index contributed by atoms with van der Waals surface area (Å²) in [6.07, 6.45) is 0. The van der Waals surface area contributed by atoms with Crippen LogP contribution in [0.5, 0.6) is 0 Å². The number of rotatable bonds is 5. The largest absolute Gasteiger partial charge is 0.325 e. The number of carbonyl (C=O) groups excluding carboxylic acids is 1. The molecule has 0 atom stereocenters. The van der Waals surface area contributed by atoms with Crippen molar-refractivity contribution in [2.24, 2.45) is 0 Å². The molecule has 0 radical (unpaired) electrons. The fourth-order valence-corrected chi connectivity index (χ4v) is 2.94. The van der Waals surface area contributed by atoms with Gasteiger partial charge in [-0.15, -0.1) is 0 Å². The first kappa shape index (κ1) is 19.3. The number of nitrogens with one attached hydrogen (secondary N) is 2.